The maximum Gasteiger partial charge on any atom is 0.209 e. The van der Waals surface area contributed by atoms with Crippen LogP contribution < -0.4 is 10.6 Å². The third kappa shape index (κ3) is 4.57. The van der Waals surface area contributed by atoms with Crippen LogP contribution in [0, 0.1) is 11.5 Å². The molecule has 112 valence electrons. The predicted octanol–water partition coefficient (Wildman–Crippen LogP) is 3.83. The monoisotopic (exact) mass is 357 g/mol. The molecule has 0 fully saturated rings. The van der Waals surface area contributed by atoms with Gasteiger partial charge in [0.1, 0.15) is 0 Å². The molecule has 0 saturated heterocycles. The Balaban J connectivity index is 2.24. The number of hydrogen-bond acceptors (Lipinski definition) is 3. The number of nitrogens with one attached hydrogen (secondary N) is 2. The zero-order valence-corrected chi connectivity index (χ0v) is 13.7. The second-order valence-electron chi connectivity index (χ2n) is 4.57. The van der Waals surface area contributed by atoms with Gasteiger partial charge in [0.05, 0.1) is 17.9 Å². The number of hydrogen-bond donors (Lipinski definition) is 2. The van der Waals surface area contributed by atoms with Crippen LogP contribution in [0.5, 0.6) is 0 Å². The first-order valence-electron chi connectivity index (χ1n) is 6.88. The highest BCUT2D eigenvalue weighted by molar-refractivity contribution is 9.10. The molecule has 2 aromatic rings. The fourth-order valence-electron chi connectivity index (χ4n) is 2.00. The van der Waals surface area contributed by atoms with E-state index in [-0.39, 0.29) is 6.04 Å². The lowest BCUT2D eigenvalue weighted by Crippen LogP contribution is -2.27. The van der Waals surface area contributed by atoms with Crippen molar-refractivity contribution in [2.45, 2.75) is 19.4 Å². The van der Waals surface area contributed by atoms with Crippen molar-refractivity contribution in [3.63, 3.8) is 0 Å². The van der Waals surface area contributed by atoms with E-state index < -0.39 is 0 Å². The van der Waals surface area contributed by atoms with Crippen molar-refractivity contribution in [1.29, 1.82) is 5.26 Å². The van der Waals surface area contributed by atoms with E-state index in [4.69, 9.17) is 5.26 Å². The van der Waals surface area contributed by atoms with Gasteiger partial charge in [-0.3, -0.25) is 10.3 Å². The molecular weight excluding hydrogens is 342 g/mol. The standard InChI is InChI=1S/C16H16BrN5/c1-2-15(12-6-4-3-5-7-12)22-16(20-11-18)21-14-8-13(17)9-19-10-14/h3-10,15H,2H2,1H3,(H2,20,21,22). The van der Waals surface area contributed by atoms with Gasteiger partial charge in [0.15, 0.2) is 6.19 Å². The highest BCUT2D eigenvalue weighted by Gasteiger charge is 2.09. The van der Waals surface area contributed by atoms with E-state index in [1.807, 2.05) is 42.6 Å². The lowest BCUT2D eigenvalue weighted by Gasteiger charge is -2.14. The molecule has 0 saturated carbocycles. The van der Waals surface area contributed by atoms with Crippen LogP contribution in [-0.4, -0.2) is 10.9 Å². The first kappa shape index (κ1) is 16.0. The predicted molar refractivity (Wildman–Crippen MR) is 91.2 cm³/mol. The smallest absolute Gasteiger partial charge is 0.209 e. The van der Waals surface area contributed by atoms with E-state index in [9.17, 15) is 0 Å². The van der Waals surface area contributed by atoms with Crippen LogP contribution in [0.15, 0.2) is 58.3 Å². The molecule has 0 aliphatic carbocycles. The largest absolute Gasteiger partial charge is 0.324 e. The summed E-state index contributed by atoms with van der Waals surface area (Å²) in [6.07, 6.45) is 6.10. The molecule has 1 heterocycles. The molecule has 0 aliphatic rings. The van der Waals surface area contributed by atoms with Crippen LogP contribution in [0.2, 0.25) is 0 Å². The van der Waals surface area contributed by atoms with Gasteiger partial charge in [-0.05, 0) is 34.0 Å². The van der Waals surface area contributed by atoms with Gasteiger partial charge in [0.25, 0.3) is 0 Å². The second-order valence-corrected chi connectivity index (χ2v) is 5.48. The van der Waals surface area contributed by atoms with Crippen LogP contribution in [0.25, 0.3) is 0 Å². The normalized spacial score (nSPS) is 12.3. The number of halogens is 1. The number of benzene rings is 1. The molecule has 1 aromatic carbocycles. The summed E-state index contributed by atoms with van der Waals surface area (Å²) in [4.78, 5) is 8.69. The number of rotatable bonds is 4. The van der Waals surface area contributed by atoms with E-state index in [0.29, 0.717) is 5.96 Å². The molecule has 0 bridgehead atoms. The molecule has 1 unspecified atom stereocenters. The number of nitriles is 1. The minimum atomic E-state index is -0.0235. The summed E-state index contributed by atoms with van der Waals surface area (Å²) < 4.78 is 0.851. The Labute approximate surface area is 138 Å². The number of aromatic nitrogens is 1. The third-order valence-electron chi connectivity index (χ3n) is 3.00. The maximum atomic E-state index is 8.92. The van der Waals surface area contributed by atoms with Crippen molar-refractivity contribution >= 4 is 27.6 Å². The van der Waals surface area contributed by atoms with E-state index in [1.165, 1.54) is 0 Å². The third-order valence-corrected chi connectivity index (χ3v) is 3.43. The molecule has 22 heavy (non-hydrogen) atoms. The number of nitrogens with zero attached hydrogens (tertiary/aromatic N) is 3. The van der Waals surface area contributed by atoms with E-state index >= 15 is 0 Å². The van der Waals surface area contributed by atoms with Crippen molar-refractivity contribution in [3.05, 3.63) is 58.8 Å². The fourth-order valence-corrected chi connectivity index (χ4v) is 2.36. The Bertz CT molecular complexity index is 678. The van der Waals surface area contributed by atoms with Crippen molar-refractivity contribution < 1.29 is 0 Å². The minimum absolute atomic E-state index is 0.0235. The van der Waals surface area contributed by atoms with Crippen molar-refractivity contribution in [2.24, 2.45) is 4.99 Å². The van der Waals surface area contributed by atoms with Crippen LogP contribution in [-0.2, 0) is 0 Å². The van der Waals surface area contributed by atoms with Gasteiger partial charge in [-0.15, -0.1) is 0 Å². The Morgan fingerprint density at radius 1 is 1.36 bits per heavy atom. The molecule has 2 rings (SSSR count). The summed E-state index contributed by atoms with van der Waals surface area (Å²) in [6, 6.07) is 11.8. The van der Waals surface area contributed by atoms with Crippen LogP contribution in [0.3, 0.4) is 0 Å². The summed E-state index contributed by atoms with van der Waals surface area (Å²) in [5.41, 5.74) is 1.86. The molecular formula is C16H16BrN5. The van der Waals surface area contributed by atoms with Crippen LogP contribution >= 0.6 is 15.9 Å². The molecule has 1 aromatic heterocycles. The van der Waals surface area contributed by atoms with Gasteiger partial charge >= 0.3 is 0 Å². The van der Waals surface area contributed by atoms with Crippen molar-refractivity contribution in [2.75, 3.05) is 5.32 Å². The van der Waals surface area contributed by atoms with Crippen LogP contribution in [0.1, 0.15) is 24.9 Å². The van der Waals surface area contributed by atoms with E-state index in [2.05, 4.69) is 43.5 Å². The Kier molecular flexibility index (Phi) is 5.92. The average Bonchev–Trinajstić information content (AvgIpc) is 2.53. The van der Waals surface area contributed by atoms with Gasteiger partial charge in [0, 0.05) is 10.7 Å². The number of aliphatic imine (C=N–C) groups is 1. The first-order chi connectivity index (χ1) is 10.7. The summed E-state index contributed by atoms with van der Waals surface area (Å²) in [7, 11) is 0. The molecule has 0 amide bonds. The lowest BCUT2D eigenvalue weighted by molar-refractivity contribution is 0.698. The number of guanidine groups is 1. The molecule has 6 heteroatoms. The highest BCUT2D eigenvalue weighted by Crippen LogP contribution is 2.21. The molecule has 5 nitrogen and oxygen atoms in total. The lowest BCUT2D eigenvalue weighted by atomic mass is 10.1. The second kappa shape index (κ2) is 8.15. The Hall–Kier alpha value is -2.39. The quantitative estimate of drug-likeness (QED) is 0.377. The number of anilines is 1. The summed E-state index contributed by atoms with van der Waals surface area (Å²) in [5, 5.41) is 14.6. The van der Waals surface area contributed by atoms with Gasteiger partial charge in [-0.25, -0.2) is 4.99 Å². The molecule has 0 aliphatic heterocycles. The summed E-state index contributed by atoms with van der Waals surface area (Å²) >= 11 is 3.36. The Morgan fingerprint density at radius 3 is 2.77 bits per heavy atom. The van der Waals surface area contributed by atoms with Gasteiger partial charge in [-0.1, -0.05) is 37.3 Å². The van der Waals surface area contributed by atoms with Crippen LogP contribution in [0.4, 0.5) is 5.69 Å². The molecule has 1 atom stereocenters. The van der Waals surface area contributed by atoms with Gasteiger partial charge < -0.3 is 5.32 Å². The highest BCUT2D eigenvalue weighted by atomic mass is 79.9. The number of pyridine rings is 1. The van der Waals surface area contributed by atoms with E-state index in [1.54, 1.807) is 12.4 Å². The zero-order chi connectivity index (χ0) is 15.8. The minimum Gasteiger partial charge on any atom is -0.324 e. The average molecular weight is 358 g/mol. The molecule has 2 N–H and O–H groups in total. The molecule has 0 spiro atoms. The van der Waals surface area contributed by atoms with Crippen molar-refractivity contribution in [3.8, 4) is 6.19 Å². The topological polar surface area (TPSA) is 73.1 Å². The van der Waals surface area contributed by atoms with Crippen molar-refractivity contribution in [1.82, 2.24) is 10.3 Å². The SMILES string of the molecule is CCC(N=C(NC#N)Nc1cncc(Br)c1)c1ccccc1. The Morgan fingerprint density at radius 2 is 2.14 bits per heavy atom. The zero-order valence-electron chi connectivity index (χ0n) is 12.1. The maximum absolute atomic E-state index is 8.92. The molecule has 0 radical (unpaired) electrons. The summed E-state index contributed by atoms with van der Waals surface area (Å²) in [5.74, 6) is 0.401. The van der Waals surface area contributed by atoms with Gasteiger partial charge in [0.2, 0.25) is 5.96 Å². The van der Waals surface area contributed by atoms with E-state index in [0.717, 1.165) is 22.1 Å². The fraction of sp³-hybridized carbons (Fsp3) is 0.188. The first-order valence-corrected chi connectivity index (χ1v) is 7.67. The summed E-state index contributed by atoms with van der Waals surface area (Å²) in [6.45, 7) is 2.06. The van der Waals surface area contributed by atoms with Gasteiger partial charge in [-0.2, -0.15) is 5.26 Å².